The molecular formula is C20H16BrN3O3S2. The van der Waals surface area contributed by atoms with E-state index in [-0.39, 0.29) is 13.0 Å². The standard InChI is InChI=1S/C20H16BrN3O3S2/c21-17-11-22-20(29-17)23-18(25)12-27-19(26)9-10-24-13-5-1-3-7-15(13)28-16-8-4-2-6-14(16)24/h1-8,11H,9-10,12H2,(H,22,23,25). The zero-order valence-electron chi connectivity index (χ0n) is 15.1. The average molecular weight is 490 g/mol. The maximum atomic E-state index is 12.2. The summed E-state index contributed by atoms with van der Waals surface area (Å²) in [5.41, 5.74) is 2.13. The third-order valence-electron chi connectivity index (χ3n) is 4.16. The Morgan fingerprint density at radius 2 is 1.72 bits per heavy atom. The lowest BCUT2D eigenvalue weighted by molar-refractivity contribution is -0.147. The molecule has 1 N–H and O–H groups in total. The van der Waals surface area contributed by atoms with Crippen molar-refractivity contribution in [1.82, 2.24) is 4.98 Å². The summed E-state index contributed by atoms with van der Waals surface area (Å²) in [6.45, 7) is 0.132. The van der Waals surface area contributed by atoms with Gasteiger partial charge in [-0.15, -0.1) is 0 Å². The number of amides is 1. The Labute approximate surface area is 184 Å². The van der Waals surface area contributed by atoms with Crippen LogP contribution in [0, 0.1) is 0 Å². The number of nitrogens with one attached hydrogen (secondary N) is 1. The average Bonchev–Trinajstić information content (AvgIpc) is 3.14. The van der Waals surface area contributed by atoms with E-state index in [1.165, 1.54) is 11.3 Å². The topological polar surface area (TPSA) is 71.5 Å². The molecule has 2 heterocycles. The molecule has 9 heteroatoms. The molecule has 0 radical (unpaired) electrons. The van der Waals surface area contributed by atoms with Gasteiger partial charge in [0.1, 0.15) is 0 Å². The number of carbonyl (C=O) groups is 2. The Morgan fingerprint density at radius 1 is 1.07 bits per heavy atom. The van der Waals surface area contributed by atoms with Crippen molar-refractivity contribution < 1.29 is 14.3 Å². The Bertz CT molecular complexity index is 1010. The van der Waals surface area contributed by atoms with Gasteiger partial charge in [0.25, 0.3) is 5.91 Å². The lowest BCUT2D eigenvalue weighted by Gasteiger charge is -2.32. The molecule has 6 nitrogen and oxygen atoms in total. The van der Waals surface area contributed by atoms with Gasteiger partial charge in [0.15, 0.2) is 11.7 Å². The van der Waals surface area contributed by atoms with E-state index in [2.05, 4.69) is 43.3 Å². The van der Waals surface area contributed by atoms with Crippen LogP contribution in [0.4, 0.5) is 16.5 Å². The molecule has 4 rings (SSSR count). The number of carbonyl (C=O) groups excluding carboxylic acids is 2. The van der Waals surface area contributed by atoms with Crippen molar-refractivity contribution in [1.29, 1.82) is 0 Å². The number of rotatable bonds is 6. The second-order valence-electron chi connectivity index (χ2n) is 6.12. The van der Waals surface area contributed by atoms with E-state index in [1.807, 2.05) is 36.4 Å². The number of benzene rings is 2. The third-order valence-corrected chi connectivity index (χ3v) is 6.68. The van der Waals surface area contributed by atoms with Gasteiger partial charge in [-0.1, -0.05) is 47.4 Å². The molecule has 1 aliphatic heterocycles. The Hall–Kier alpha value is -2.36. The molecule has 1 aliphatic rings. The number of ether oxygens (including phenoxy) is 1. The first-order valence-electron chi connectivity index (χ1n) is 8.80. The number of anilines is 3. The van der Waals surface area contributed by atoms with Gasteiger partial charge in [-0.2, -0.15) is 0 Å². The maximum absolute atomic E-state index is 12.2. The van der Waals surface area contributed by atoms with Crippen LogP contribution in [-0.2, 0) is 14.3 Å². The van der Waals surface area contributed by atoms with Crippen molar-refractivity contribution in [3.05, 3.63) is 58.5 Å². The summed E-state index contributed by atoms with van der Waals surface area (Å²) in [6, 6.07) is 16.2. The highest BCUT2D eigenvalue weighted by molar-refractivity contribution is 9.11. The lowest BCUT2D eigenvalue weighted by Crippen LogP contribution is -2.26. The van der Waals surface area contributed by atoms with Crippen molar-refractivity contribution in [3.63, 3.8) is 0 Å². The van der Waals surface area contributed by atoms with Crippen molar-refractivity contribution in [2.24, 2.45) is 0 Å². The van der Waals surface area contributed by atoms with Gasteiger partial charge < -0.3 is 9.64 Å². The monoisotopic (exact) mass is 489 g/mol. The smallest absolute Gasteiger partial charge is 0.308 e. The summed E-state index contributed by atoms with van der Waals surface area (Å²) in [4.78, 5) is 32.6. The second-order valence-corrected chi connectivity index (χ2v) is 9.61. The van der Waals surface area contributed by atoms with Crippen molar-refractivity contribution in [2.75, 3.05) is 23.4 Å². The summed E-state index contributed by atoms with van der Waals surface area (Å²) < 4.78 is 5.94. The molecule has 148 valence electrons. The van der Waals surface area contributed by atoms with Crippen LogP contribution in [-0.4, -0.2) is 30.0 Å². The summed E-state index contributed by atoms with van der Waals surface area (Å²) >= 11 is 6.29. The highest BCUT2D eigenvalue weighted by Crippen LogP contribution is 2.47. The van der Waals surface area contributed by atoms with Crippen LogP contribution >= 0.6 is 39.0 Å². The first-order valence-corrected chi connectivity index (χ1v) is 11.2. The van der Waals surface area contributed by atoms with Gasteiger partial charge in [0.05, 0.1) is 27.8 Å². The van der Waals surface area contributed by atoms with Gasteiger partial charge in [-0.25, -0.2) is 4.98 Å². The van der Waals surface area contributed by atoms with Crippen LogP contribution in [0.3, 0.4) is 0 Å². The number of para-hydroxylation sites is 2. The number of aromatic nitrogens is 1. The van der Waals surface area contributed by atoms with Crippen LogP contribution in [0.2, 0.25) is 0 Å². The first kappa shape index (κ1) is 19.9. The van der Waals surface area contributed by atoms with Gasteiger partial charge in [0.2, 0.25) is 0 Å². The number of hydrogen-bond acceptors (Lipinski definition) is 7. The van der Waals surface area contributed by atoms with Crippen LogP contribution in [0.25, 0.3) is 0 Å². The molecule has 0 bridgehead atoms. The summed E-state index contributed by atoms with van der Waals surface area (Å²) in [5.74, 6) is -0.834. The number of thiazole rings is 1. The highest BCUT2D eigenvalue weighted by Gasteiger charge is 2.23. The molecule has 2 aromatic carbocycles. The van der Waals surface area contributed by atoms with Crippen molar-refractivity contribution >= 4 is 67.4 Å². The molecule has 0 atom stereocenters. The van der Waals surface area contributed by atoms with E-state index >= 15 is 0 Å². The Morgan fingerprint density at radius 3 is 2.34 bits per heavy atom. The van der Waals surface area contributed by atoms with Gasteiger partial charge in [-0.05, 0) is 40.2 Å². The molecule has 0 aliphatic carbocycles. The molecule has 0 saturated heterocycles. The quantitative estimate of drug-likeness (QED) is 0.486. The Balaban J connectivity index is 1.35. The zero-order valence-corrected chi connectivity index (χ0v) is 18.4. The predicted octanol–water partition coefficient (Wildman–Crippen LogP) is 5.08. The van der Waals surface area contributed by atoms with E-state index in [1.54, 1.807) is 18.0 Å². The fraction of sp³-hybridized carbons (Fsp3) is 0.150. The fourth-order valence-corrected chi connectivity index (χ4v) is 5.13. The van der Waals surface area contributed by atoms with E-state index in [0.29, 0.717) is 11.7 Å². The minimum Gasteiger partial charge on any atom is -0.456 e. The van der Waals surface area contributed by atoms with E-state index in [4.69, 9.17) is 4.74 Å². The molecule has 3 aromatic rings. The van der Waals surface area contributed by atoms with Crippen LogP contribution in [0.5, 0.6) is 0 Å². The summed E-state index contributed by atoms with van der Waals surface area (Å²) in [7, 11) is 0. The molecule has 0 unspecified atom stereocenters. The zero-order chi connectivity index (χ0) is 20.2. The normalized spacial score (nSPS) is 12.1. The van der Waals surface area contributed by atoms with Gasteiger partial charge in [-0.3, -0.25) is 14.9 Å². The predicted molar refractivity (Wildman–Crippen MR) is 118 cm³/mol. The van der Waals surface area contributed by atoms with E-state index in [0.717, 1.165) is 25.0 Å². The molecule has 29 heavy (non-hydrogen) atoms. The van der Waals surface area contributed by atoms with Crippen LogP contribution in [0.1, 0.15) is 6.42 Å². The number of hydrogen-bond donors (Lipinski definition) is 1. The molecule has 1 amide bonds. The number of nitrogens with zero attached hydrogens (tertiary/aromatic N) is 2. The van der Waals surface area contributed by atoms with Crippen molar-refractivity contribution in [3.8, 4) is 0 Å². The fourth-order valence-electron chi connectivity index (χ4n) is 2.91. The van der Waals surface area contributed by atoms with Gasteiger partial charge in [0, 0.05) is 16.3 Å². The summed E-state index contributed by atoms with van der Waals surface area (Å²) in [5, 5.41) is 3.05. The lowest BCUT2D eigenvalue weighted by atomic mass is 10.2. The van der Waals surface area contributed by atoms with E-state index < -0.39 is 11.9 Å². The number of esters is 1. The second kappa shape index (κ2) is 8.98. The van der Waals surface area contributed by atoms with Crippen LogP contribution in [0.15, 0.2) is 68.3 Å². The number of halogens is 1. The minimum absolute atomic E-state index is 0.170. The first-order chi connectivity index (χ1) is 14.1. The Kier molecular flexibility index (Phi) is 6.17. The van der Waals surface area contributed by atoms with Gasteiger partial charge >= 0.3 is 5.97 Å². The maximum Gasteiger partial charge on any atom is 0.308 e. The van der Waals surface area contributed by atoms with Crippen LogP contribution < -0.4 is 10.2 Å². The van der Waals surface area contributed by atoms with E-state index in [9.17, 15) is 9.59 Å². The third kappa shape index (κ3) is 4.80. The molecule has 0 spiro atoms. The largest absolute Gasteiger partial charge is 0.456 e. The molecule has 0 saturated carbocycles. The summed E-state index contributed by atoms with van der Waals surface area (Å²) in [6.07, 6.45) is 1.77. The highest BCUT2D eigenvalue weighted by atomic mass is 79.9. The SMILES string of the molecule is O=C(COC(=O)CCN1c2ccccc2Sc2ccccc21)Nc1ncc(Br)s1. The molecular weight excluding hydrogens is 474 g/mol. The molecule has 1 aromatic heterocycles. The molecule has 0 fully saturated rings. The number of fused-ring (bicyclic) bond motifs is 2. The minimum atomic E-state index is -0.423. The van der Waals surface area contributed by atoms with Crippen molar-refractivity contribution in [2.45, 2.75) is 16.2 Å².